The molecule has 0 aliphatic heterocycles. The molecule has 1 aliphatic rings. The second-order valence-corrected chi connectivity index (χ2v) is 3.42. The van der Waals surface area contributed by atoms with Crippen LogP contribution in [0.4, 0.5) is 0 Å². The topological polar surface area (TPSA) is 23.9 Å². The number of nitrogens with one attached hydrogen (secondary N) is 1. The Labute approximate surface area is 74.7 Å². The van der Waals surface area contributed by atoms with Gasteiger partial charge in [0.2, 0.25) is 0 Å². The molecule has 1 atom stereocenters. The molecule has 0 heterocycles. The van der Waals surface area contributed by atoms with Crippen molar-refractivity contribution < 1.29 is 0 Å². The molecule has 1 nitrogen and oxygen atoms in total. The van der Waals surface area contributed by atoms with E-state index in [0.29, 0.717) is 5.92 Å². The summed E-state index contributed by atoms with van der Waals surface area (Å²) in [6.45, 7) is 4.29. The summed E-state index contributed by atoms with van der Waals surface area (Å²) in [5.74, 6) is 0.645. The molecular weight excluding hydrogens is 146 g/mol. The van der Waals surface area contributed by atoms with E-state index < -0.39 is 0 Å². The Morgan fingerprint density at radius 2 is 2.25 bits per heavy atom. The average molecular weight is 163 g/mol. The maximum Gasteiger partial charge on any atom is 0.0212 e. The van der Waals surface area contributed by atoms with Crippen molar-refractivity contribution in [3.8, 4) is 0 Å². The van der Waals surface area contributed by atoms with E-state index in [1.165, 1.54) is 30.2 Å². The van der Waals surface area contributed by atoms with E-state index in [1.807, 2.05) is 6.92 Å². The van der Waals surface area contributed by atoms with Crippen molar-refractivity contribution in [2.45, 2.75) is 33.1 Å². The van der Waals surface area contributed by atoms with Crippen molar-refractivity contribution >= 4 is 6.21 Å². The zero-order valence-electron chi connectivity index (χ0n) is 7.93. The molecular formula is C11H17N. The van der Waals surface area contributed by atoms with Gasteiger partial charge in [-0.1, -0.05) is 19.1 Å². The Kier molecular flexibility index (Phi) is 3.27. The number of hydrogen-bond acceptors (Lipinski definition) is 1. The normalized spacial score (nSPS) is 25.0. The van der Waals surface area contributed by atoms with Gasteiger partial charge in [-0.2, -0.15) is 0 Å². The monoisotopic (exact) mass is 163 g/mol. The van der Waals surface area contributed by atoms with Crippen molar-refractivity contribution in [2.24, 2.45) is 5.92 Å². The fourth-order valence-corrected chi connectivity index (χ4v) is 1.82. The summed E-state index contributed by atoms with van der Waals surface area (Å²) in [5.41, 5.74) is 2.60. The molecule has 1 rings (SSSR count). The third-order valence-electron chi connectivity index (χ3n) is 2.51. The second-order valence-electron chi connectivity index (χ2n) is 3.42. The number of hydrogen-bond donors (Lipinski definition) is 1. The van der Waals surface area contributed by atoms with Crippen LogP contribution in [-0.2, 0) is 0 Å². The van der Waals surface area contributed by atoms with E-state index in [2.05, 4.69) is 19.1 Å². The molecule has 1 unspecified atom stereocenters. The summed E-state index contributed by atoms with van der Waals surface area (Å²) in [4.78, 5) is 0. The Balaban J connectivity index is 2.94. The minimum Gasteiger partial charge on any atom is -0.308 e. The average Bonchev–Trinajstić information content (AvgIpc) is 2.09. The summed E-state index contributed by atoms with van der Waals surface area (Å²) >= 11 is 0. The molecule has 0 aromatic carbocycles. The molecule has 66 valence electrons. The first-order valence-corrected chi connectivity index (χ1v) is 4.65. The summed E-state index contributed by atoms with van der Waals surface area (Å²) in [7, 11) is 0. The molecule has 0 spiro atoms. The first kappa shape index (κ1) is 9.24. The standard InChI is InChI=1S/C11H17N/c1-3-5-11-9(2)6-4-7-10(11)8-12/h3,5,8-9,12H,4,6-7H2,1-2H3/b5-3-,12-8?. The van der Waals surface area contributed by atoms with Gasteiger partial charge in [0.05, 0.1) is 0 Å². The lowest BCUT2D eigenvalue weighted by Gasteiger charge is -2.21. The van der Waals surface area contributed by atoms with Crippen LogP contribution in [0.2, 0.25) is 0 Å². The molecule has 0 fully saturated rings. The van der Waals surface area contributed by atoms with Crippen LogP contribution in [0, 0.1) is 11.3 Å². The van der Waals surface area contributed by atoms with Crippen LogP contribution < -0.4 is 0 Å². The van der Waals surface area contributed by atoms with Gasteiger partial charge < -0.3 is 5.41 Å². The lowest BCUT2D eigenvalue weighted by molar-refractivity contribution is 0.556. The van der Waals surface area contributed by atoms with Crippen LogP contribution in [0.5, 0.6) is 0 Å². The summed E-state index contributed by atoms with van der Waals surface area (Å²) in [6.07, 6.45) is 9.35. The SMILES string of the molecule is C/C=C\C1=C(C=N)CCCC1C. The van der Waals surface area contributed by atoms with Gasteiger partial charge >= 0.3 is 0 Å². The molecule has 1 N–H and O–H groups in total. The van der Waals surface area contributed by atoms with Gasteiger partial charge in [0.1, 0.15) is 0 Å². The van der Waals surface area contributed by atoms with Crippen LogP contribution >= 0.6 is 0 Å². The Hall–Kier alpha value is -0.850. The summed E-state index contributed by atoms with van der Waals surface area (Å²) in [6, 6.07) is 0. The molecule has 1 heteroatoms. The van der Waals surface area contributed by atoms with Gasteiger partial charge in [0.25, 0.3) is 0 Å². The van der Waals surface area contributed by atoms with Crippen LogP contribution in [0.25, 0.3) is 0 Å². The van der Waals surface area contributed by atoms with E-state index in [-0.39, 0.29) is 0 Å². The summed E-state index contributed by atoms with van der Waals surface area (Å²) < 4.78 is 0. The smallest absolute Gasteiger partial charge is 0.0212 e. The molecule has 0 aromatic rings. The van der Waals surface area contributed by atoms with Crippen LogP contribution in [0.15, 0.2) is 23.3 Å². The lowest BCUT2D eigenvalue weighted by atomic mass is 9.84. The molecule has 0 radical (unpaired) electrons. The molecule has 0 aromatic heterocycles. The highest BCUT2D eigenvalue weighted by atomic mass is 14.3. The van der Waals surface area contributed by atoms with E-state index in [1.54, 1.807) is 0 Å². The Bertz CT molecular complexity index is 223. The highest BCUT2D eigenvalue weighted by Crippen LogP contribution is 2.29. The maximum absolute atomic E-state index is 7.28. The van der Waals surface area contributed by atoms with Crippen LogP contribution in [-0.4, -0.2) is 6.21 Å². The minimum atomic E-state index is 0.645. The first-order chi connectivity index (χ1) is 5.79. The number of allylic oxidation sites excluding steroid dienone is 4. The van der Waals surface area contributed by atoms with Gasteiger partial charge in [-0.25, -0.2) is 0 Å². The zero-order chi connectivity index (χ0) is 8.97. The highest BCUT2D eigenvalue weighted by Gasteiger charge is 2.15. The predicted molar refractivity (Wildman–Crippen MR) is 53.6 cm³/mol. The highest BCUT2D eigenvalue weighted by molar-refractivity contribution is 5.78. The van der Waals surface area contributed by atoms with Gasteiger partial charge in [-0.05, 0) is 43.3 Å². The van der Waals surface area contributed by atoms with E-state index in [4.69, 9.17) is 5.41 Å². The van der Waals surface area contributed by atoms with Crippen molar-refractivity contribution in [1.82, 2.24) is 0 Å². The van der Waals surface area contributed by atoms with E-state index in [9.17, 15) is 0 Å². The quantitative estimate of drug-likeness (QED) is 0.604. The van der Waals surface area contributed by atoms with E-state index >= 15 is 0 Å². The van der Waals surface area contributed by atoms with Crippen LogP contribution in [0.3, 0.4) is 0 Å². The largest absolute Gasteiger partial charge is 0.308 e. The molecule has 1 aliphatic carbocycles. The molecule has 0 bridgehead atoms. The lowest BCUT2D eigenvalue weighted by Crippen LogP contribution is -2.08. The summed E-state index contributed by atoms with van der Waals surface area (Å²) in [5, 5.41) is 7.28. The fraction of sp³-hybridized carbons (Fsp3) is 0.545. The maximum atomic E-state index is 7.28. The third-order valence-corrected chi connectivity index (χ3v) is 2.51. The third kappa shape index (κ3) is 1.84. The molecule has 0 amide bonds. The first-order valence-electron chi connectivity index (χ1n) is 4.65. The predicted octanol–water partition coefficient (Wildman–Crippen LogP) is 3.33. The number of rotatable bonds is 2. The molecule has 0 saturated carbocycles. The Morgan fingerprint density at radius 3 is 2.83 bits per heavy atom. The zero-order valence-corrected chi connectivity index (χ0v) is 7.93. The van der Waals surface area contributed by atoms with Gasteiger partial charge in [0.15, 0.2) is 0 Å². The van der Waals surface area contributed by atoms with Gasteiger partial charge in [-0.15, -0.1) is 0 Å². The van der Waals surface area contributed by atoms with Crippen LogP contribution in [0.1, 0.15) is 33.1 Å². The van der Waals surface area contributed by atoms with E-state index in [0.717, 1.165) is 6.42 Å². The Morgan fingerprint density at radius 1 is 1.50 bits per heavy atom. The van der Waals surface area contributed by atoms with Crippen molar-refractivity contribution in [2.75, 3.05) is 0 Å². The minimum absolute atomic E-state index is 0.645. The van der Waals surface area contributed by atoms with Crippen molar-refractivity contribution in [3.63, 3.8) is 0 Å². The van der Waals surface area contributed by atoms with Crippen molar-refractivity contribution in [3.05, 3.63) is 23.3 Å². The second kappa shape index (κ2) is 4.24. The molecule has 12 heavy (non-hydrogen) atoms. The van der Waals surface area contributed by atoms with Gasteiger partial charge in [-0.3, -0.25) is 0 Å². The molecule has 0 saturated heterocycles. The fourth-order valence-electron chi connectivity index (χ4n) is 1.82. The van der Waals surface area contributed by atoms with Gasteiger partial charge in [0, 0.05) is 6.21 Å². The van der Waals surface area contributed by atoms with Crippen molar-refractivity contribution in [1.29, 1.82) is 5.41 Å².